The van der Waals surface area contributed by atoms with Crippen LogP contribution in [0, 0.1) is 11.8 Å². The van der Waals surface area contributed by atoms with Crippen LogP contribution >= 0.6 is 0 Å². The van der Waals surface area contributed by atoms with Crippen molar-refractivity contribution in [1.82, 2.24) is 20.4 Å². The molecule has 0 radical (unpaired) electrons. The molecule has 0 saturated carbocycles. The Labute approximate surface area is 154 Å². The minimum atomic E-state index is 0.518. The topological polar surface area (TPSA) is 52.1 Å². The molecule has 0 aromatic heterocycles. The van der Waals surface area contributed by atoms with Crippen molar-refractivity contribution in [2.45, 2.75) is 39.7 Å². The van der Waals surface area contributed by atoms with Crippen LogP contribution in [0.25, 0.3) is 0 Å². The maximum Gasteiger partial charge on any atom is 0.191 e. The first kappa shape index (κ1) is 20.5. The van der Waals surface area contributed by atoms with Gasteiger partial charge in [-0.15, -0.1) is 0 Å². The van der Waals surface area contributed by atoms with Crippen LogP contribution in [-0.4, -0.2) is 87.9 Å². The van der Waals surface area contributed by atoms with Crippen molar-refractivity contribution >= 4 is 5.96 Å². The molecule has 0 aromatic carbocycles. The molecule has 2 fully saturated rings. The standard InChI is InChI=1S/C19H39N5O/c1-16(2)18(24-9-11-25-12-10-24)14-22-19(20-4)21-13-17(3)15-23-7-5-6-8-23/h16-18H,5-15H2,1-4H3,(H2,20,21,22). The summed E-state index contributed by atoms with van der Waals surface area (Å²) in [5.74, 6) is 2.17. The van der Waals surface area contributed by atoms with E-state index in [0.29, 0.717) is 17.9 Å². The number of ether oxygens (including phenoxy) is 1. The zero-order valence-electron chi connectivity index (χ0n) is 16.8. The molecule has 0 amide bonds. The molecule has 2 saturated heterocycles. The van der Waals surface area contributed by atoms with E-state index in [1.54, 1.807) is 0 Å². The normalized spacial score (nSPS) is 23.0. The van der Waals surface area contributed by atoms with Gasteiger partial charge in [0.1, 0.15) is 0 Å². The van der Waals surface area contributed by atoms with E-state index in [1.807, 2.05) is 7.05 Å². The molecule has 0 spiro atoms. The van der Waals surface area contributed by atoms with Gasteiger partial charge in [0.05, 0.1) is 13.2 Å². The summed E-state index contributed by atoms with van der Waals surface area (Å²) in [4.78, 5) is 9.53. The molecule has 0 aliphatic carbocycles. The molecule has 2 atom stereocenters. The maximum absolute atomic E-state index is 5.49. The van der Waals surface area contributed by atoms with Crippen molar-refractivity contribution in [3.05, 3.63) is 0 Å². The molecule has 6 nitrogen and oxygen atoms in total. The Morgan fingerprint density at radius 2 is 1.64 bits per heavy atom. The van der Waals surface area contributed by atoms with Crippen molar-refractivity contribution in [3.8, 4) is 0 Å². The van der Waals surface area contributed by atoms with E-state index in [4.69, 9.17) is 4.74 Å². The molecule has 2 unspecified atom stereocenters. The summed E-state index contributed by atoms with van der Waals surface area (Å²) < 4.78 is 5.49. The highest BCUT2D eigenvalue weighted by atomic mass is 16.5. The fourth-order valence-electron chi connectivity index (χ4n) is 3.86. The summed E-state index contributed by atoms with van der Waals surface area (Å²) in [6, 6.07) is 0.518. The van der Waals surface area contributed by atoms with E-state index < -0.39 is 0 Å². The molecule has 0 bridgehead atoms. The Bertz CT molecular complexity index is 389. The number of nitrogens with one attached hydrogen (secondary N) is 2. The Hall–Kier alpha value is -0.850. The molecule has 6 heteroatoms. The second-order valence-corrected chi connectivity index (χ2v) is 7.91. The lowest BCUT2D eigenvalue weighted by molar-refractivity contribution is 0.00752. The van der Waals surface area contributed by atoms with Crippen molar-refractivity contribution in [3.63, 3.8) is 0 Å². The molecule has 2 heterocycles. The van der Waals surface area contributed by atoms with Gasteiger partial charge in [-0.1, -0.05) is 20.8 Å². The first-order valence-electron chi connectivity index (χ1n) is 10.1. The smallest absolute Gasteiger partial charge is 0.191 e. The number of rotatable bonds is 8. The first-order valence-corrected chi connectivity index (χ1v) is 10.1. The van der Waals surface area contributed by atoms with E-state index in [0.717, 1.165) is 45.4 Å². The third-order valence-electron chi connectivity index (χ3n) is 5.37. The van der Waals surface area contributed by atoms with E-state index in [2.05, 4.69) is 46.2 Å². The number of hydrogen-bond donors (Lipinski definition) is 2. The number of nitrogens with zero attached hydrogens (tertiary/aromatic N) is 3. The number of morpholine rings is 1. The van der Waals surface area contributed by atoms with E-state index in [-0.39, 0.29) is 0 Å². The van der Waals surface area contributed by atoms with Crippen LogP contribution in [-0.2, 0) is 4.74 Å². The SMILES string of the molecule is CN=C(NCC(C)CN1CCCC1)NCC(C(C)C)N1CCOCC1. The Morgan fingerprint density at radius 1 is 1.00 bits per heavy atom. The van der Waals surface area contributed by atoms with Gasteiger partial charge in [-0.05, 0) is 37.8 Å². The fourth-order valence-corrected chi connectivity index (χ4v) is 3.86. The van der Waals surface area contributed by atoms with Gasteiger partial charge in [0, 0.05) is 45.8 Å². The molecule has 2 aliphatic heterocycles. The van der Waals surface area contributed by atoms with Gasteiger partial charge in [-0.25, -0.2) is 0 Å². The molecule has 0 aromatic rings. The number of hydrogen-bond acceptors (Lipinski definition) is 4. The van der Waals surface area contributed by atoms with Crippen LogP contribution in [0.4, 0.5) is 0 Å². The minimum Gasteiger partial charge on any atom is -0.379 e. The van der Waals surface area contributed by atoms with Gasteiger partial charge in [0.15, 0.2) is 5.96 Å². The lowest BCUT2D eigenvalue weighted by Gasteiger charge is -2.37. The predicted molar refractivity (Wildman–Crippen MR) is 105 cm³/mol. The number of likely N-dealkylation sites (tertiary alicyclic amines) is 1. The van der Waals surface area contributed by atoms with E-state index in [9.17, 15) is 0 Å². The van der Waals surface area contributed by atoms with Crippen LogP contribution in [0.1, 0.15) is 33.6 Å². The van der Waals surface area contributed by atoms with Gasteiger partial charge < -0.3 is 20.3 Å². The van der Waals surface area contributed by atoms with Gasteiger partial charge >= 0.3 is 0 Å². The van der Waals surface area contributed by atoms with E-state index in [1.165, 1.54) is 32.5 Å². The quantitative estimate of drug-likeness (QED) is 0.508. The lowest BCUT2D eigenvalue weighted by Crippen LogP contribution is -2.53. The van der Waals surface area contributed by atoms with E-state index >= 15 is 0 Å². The Balaban J connectivity index is 1.72. The van der Waals surface area contributed by atoms with Crippen LogP contribution in [0.2, 0.25) is 0 Å². The monoisotopic (exact) mass is 353 g/mol. The second kappa shape index (κ2) is 11.0. The zero-order valence-corrected chi connectivity index (χ0v) is 16.8. The lowest BCUT2D eigenvalue weighted by atomic mass is 10.0. The van der Waals surface area contributed by atoms with Gasteiger partial charge in [-0.2, -0.15) is 0 Å². The van der Waals surface area contributed by atoms with Gasteiger partial charge in [-0.3, -0.25) is 9.89 Å². The highest BCUT2D eigenvalue weighted by Gasteiger charge is 2.24. The third kappa shape index (κ3) is 7.12. The molecular formula is C19H39N5O. The average molecular weight is 354 g/mol. The van der Waals surface area contributed by atoms with Crippen molar-refractivity contribution in [2.75, 3.05) is 66.1 Å². The zero-order chi connectivity index (χ0) is 18.1. The van der Waals surface area contributed by atoms with Crippen molar-refractivity contribution < 1.29 is 4.74 Å². The average Bonchev–Trinajstić information content (AvgIpc) is 3.11. The summed E-state index contributed by atoms with van der Waals surface area (Å²) in [5.41, 5.74) is 0. The summed E-state index contributed by atoms with van der Waals surface area (Å²) in [5, 5.41) is 7.05. The maximum atomic E-state index is 5.49. The molecule has 2 N–H and O–H groups in total. The number of guanidine groups is 1. The minimum absolute atomic E-state index is 0.518. The van der Waals surface area contributed by atoms with Crippen LogP contribution in [0.5, 0.6) is 0 Å². The summed E-state index contributed by atoms with van der Waals surface area (Å²) >= 11 is 0. The van der Waals surface area contributed by atoms with Crippen LogP contribution in [0.3, 0.4) is 0 Å². The molecular weight excluding hydrogens is 314 g/mol. The summed E-state index contributed by atoms with van der Waals surface area (Å²) in [7, 11) is 1.86. The highest BCUT2D eigenvalue weighted by molar-refractivity contribution is 5.79. The Kier molecular flexibility index (Phi) is 8.99. The second-order valence-electron chi connectivity index (χ2n) is 7.91. The third-order valence-corrected chi connectivity index (χ3v) is 5.37. The molecule has 146 valence electrons. The molecule has 2 aliphatic rings. The predicted octanol–water partition coefficient (Wildman–Crippen LogP) is 1.24. The largest absolute Gasteiger partial charge is 0.379 e. The van der Waals surface area contributed by atoms with Crippen LogP contribution in [0.15, 0.2) is 4.99 Å². The van der Waals surface area contributed by atoms with Crippen molar-refractivity contribution in [1.29, 1.82) is 0 Å². The van der Waals surface area contributed by atoms with Crippen molar-refractivity contribution in [2.24, 2.45) is 16.8 Å². The first-order chi connectivity index (χ1) is 12.1. The fraction of sp³-hybridized carbons (Fsp3) is 0.947. The Morgan fingerprint density at radius 3 is 2.24 bits per heavy atom. The van der Waals surface area contributed by atoms with Gasteiger partial charge in [0.2, 0.25) is 0 Å². The molecule has 25 heavy (non-hydrogen) atoms. The van der Waals surface area contributed by atoms with Gasteiger partial charge in [0.25, 0.3) is 0 Å². The highest BCUT2D eigenvalue weighted by Crippen LogP contribution is 2.12. The number of aliphatic imine (C=N–C) groups is 1. The summed E-state index contributed by atoms with van der Waals surface area (Å²) in [6.07, 6.45) is 2.73. The molecule has 2 rings (SSSR count). The summed E-state index contributed by atoms with van der Waals surface area (Å²) in [6.45, 7) is 16.3. The van der Waals surface area contributed by atoms with Crippen LogP contribution < -0.4 is 10.6 Å².